The van der Waals surface area contributed by atoms with E-state index < -0.39 is 5.54 Å². The van der Waals surface area contributed by atoms with Gasteiger partial charge in [-0.25, -0.2) is 4.79 Å². The summed E-state index contributed by atoms with van der Waals surface area (Å²) in [6, 6.07) is 3.37. The maximum Gasteiger partial charge on any atom is 0.325 e. The number of carbonyl (C=O) groups is 2. The largest absolute Gasteiger partial charge is 0.325 e. The molecule has 0 radical (unpaired) electrons. The number of urea groups is 1. The molecule has 0 aliphatic carbocycles. The number of hydrogen-bond donors (Lipinski definition) is 1. The number of thiophene rings is 1. The van der Waals surface area contributed by atoms with Crippen LogP contribution in [0.15, 0.2) is 17.5 Å². The van der Waals surface area contributed by atoms with Gasteiger partial charge in [-0.2, -0.15) is 0 Å². The summed E-state index contributed by atoms with van der Waals surface area (Å²) in [7, 11) is 1.48. The molecule has 0 saturated carbocycles. The summed E-state index contributed by atoms with van der Waals surface area (Å²) in [6.45, 7) is 1.72. The molecular weight excluding hydrogens is 200 g/mol. The van der Waals surface area contributed by atoms with Crippen LogP contribution in [0.1, 0.15) is 11.8 Å². The third-order valence-electron chi connectivity index (χ3n) is 2.41. The molecule has 1 aliphatic rings. The molecule has 1 saturated heterocycles. The Morgan fingerprint density at radius 1 is 1.50 bits per heavy atom. The Morgan fingerprint density at radius 2 is 2.21 bits per heavy atom. The minimum Gasteiger partial charge on any atom is -0.319 e. The van der Waals surface area contributed by atoms with Crippen molar-refractivity contribution in [2.45, 2.75) is 12.5 Å². The van der Waals surface area contributed by atoms with Crippen LogP contribution in [-0.4, -0.2) is 23.9 Å². The Bertz CT molecular complexity index is 388. The normalized spacial score (nSPS) is 26.9. The summed E-state index contributed by atoms with van der Waals surface area (Å²) in [5, 5.41) is 4.57. The topological polar surface area (TPSA) is 49.4 Å². The lowest BCUT2D eigenvalue weighted by Crippen LogP contribution is -2.39. The maximum atomic E-state index is 11.8. The highest BCUT2D eigenvalue weighted by Crippen LogP contribution is 2.30. The first kappa shape index (κ1) is 9.21. The van der Waals surface area contributed by atoms with Crippen molar-refractivity contribution in [2.24, 2.45) is 0 Å². The van der Waals surface area contributed by atoms with Crippen molar-refractivity contribution >= 4 is 23.3 Å². The fraction of sp³-hybridized carbons (Fsp3) is 0.333. The van der Waals surface area contributed by atoms with Crippen LogP contribution >= 0.6 is 11.3 Å². The number of nitrogens with one attached hydrogen (secondary N) is 1. The second kappa shape index (κ2) is 2.81. The maximum absolute atomic E-state index is 11.8. The molecule has 1 atom stereocenters. The number of rotatable bonds is 1. The Labute approximate surface area is 85.5 Å². The molecule has 74 valence electrons. The van der Waals surface area contributed by atoms with Crippen molar-refractivity contribution in [3.05, 3.63) is 22.4 Å². The average molecular weight is 210 g/mol. The van der Waals surface area contributed by atoms with Gasteiger partial charge in [0.25, 0.3) is 5.91 Å². The number of imide groups is 1. The van der Waals surface area contributed by atoms with Crippen molar-refractivity contribution < 1.29 is 9.59 Å². The SMILES string of the molecule is CN1C(=O)NC(C)(c2cccs2)C1=O. The Morgan fingerprint density at radius 3 is 2.64 bits per heavy atom. The fourth-order valence-electron chi connectivity index (χ4n) is 1.51. The first-order chi connectivity index (χ1) is 6.55. The van der Waals surface area contributed by atoms with E-state index in [0.717, 1.165) is 9.78 Å². The van der Waals surface area contributed by atoms with Gasteiger partial charge < -0.3 is 5.32 Å². The van der Waals surface area contributed by atoms with Gasteiger partial charge in [-0.05, 0) is 18.4 Å². The zero-order chi connectivity index (χ0) is 10.3. The standard InChI is InChI=1S/C9H10N2O2S/c1-9(6-4-3-5-14-6)7(12)11(2)8(13)10-9/h3-5H,1-2H3,(H,10,13). The molecule has 1 unspecified atom stereocenters. The minimum absolute atomic E-state index is 0.204. The smallest absolute Gasteiger partial charge is 0.319 e. The van der Waals surface area contributed by atoms with Crippen LogP contribution in [0.25, 0.3) is 0 Å². The lowest BCUT2D eigenvalue weighted by atomic mass is 10.0. The van der Waals surface area contributed by atoms with E-state index in [9.17, 15) is 9.59 Å². The van der Waals surface area contributed by atoms with Gasteiger partial charge in [0.1, 0.15) is 0 Å². The van der Waals surface area contributed by atoms with Gasteiger partial charge in [0, 0.05) is 11.9 Å². The number of hydrogen-bond acceptors (Lipinski definition) is 3. The zero-order valence-corrected chi connectivity index (χ0v) is 8.72. The molecule has 1 aromatic heterocycles. The summed E-state index contributed by atoms with van der Waals surface area (Å²) in [5.41, 5.74) is -0.875. The van der Waals surface area contributed by atoms with Crippen molar-refractivity contribution in [3.8, 4) is 0 Å². The Hall–Kier alpha value is -1.36. The first-order valence-electron chi connectivity index (χ1n) is 4.20. The van der Waals surface area contributed by atoms with Crippen LogP contribution in [0.5, 0.6) is 0 Å². The van der Waals surface area contributed by atoms with Crippen molar-refractivity contribution in [2.75, 3.05) is 7.05 Å². The lowest BCUT2D eigenvalue weighted by Gasteiger charge is -2.18. The van der Waals surface area contributed by atoms with Gasteiger partial charge in [-0.3, -0.25) is 9.69 Å². The highest BCUT2D eigenvalue weighted by Gasteiger charge is 2.47. The van der Waals surface area contributed by atoms with Crippen molar-refractivity contribution in [1.82, 2.24) is 10.2 Å². The predicted octanol–water partition coefficient (Wildman–Crippen LogP) is 1.14. The van der Waals surface area contributed by atoms with Gasteiger partial charge in [-0.15, -0.1) is 11.3 Å². The molecule has 1 fully saturated rings. The molecule has 5 heteroatoms. The third-order valence-corrected chi connectivity index (χ3v) is 3.50. The van der Waals surface area contributed by atoms with Crippen LogP contribution < -0.4 is 5.32 Å². The van der Waals surface area contributed by atoms with E-state index in [1.54, 1.807) is 6.92 Å². The van der Waals surface area contributed by atoms with Gasteiger partial charge in [-0.1, -0.05) is 6.07 Å². The summed E-state index contributed by atoms with van der Waals surface area (Å²) < 4.78 is 0. The van der Waals surface area contributed by atoms with E-state index in [1.807, 2.05) is 17.5 Å². The van der Waals surface area contributed by atoms with Crippen molar-refractivity contribution in [1.29, 1.82) is 0 Å². The van der Waals surface area contributed by atoms with Gasteiger partial charge in [0.2, 0.25) is 0 Å². The Balaban J connectivity index is 2.44. The van der Waals surface area contributed by atoms with E-state index in [1.165, 1.54) is 18.4 Å². The molecule has 2 heterocycles. The van der Waals surface area contributed by atoms with Gasteiger partial charge in [0.15, 0.2) is 5.54 Å². The average Bonchev–Trinajstić information content (AvgIpc) is 2.73. The zero-order valence-electron chi connectivity index (χ0n) is 7.90. The predicted molar refractivity (Wildman–Crippen MR) is 53.0 cm³/mol. The molecule has 14 heavy (non-hydrogen) atoms. The number of carbonyl (C=O) groups excluding carboxylic acids is 2. The van der Waals surface area contributed by atoms with Gasteiger partial charge >= 0.3 is 6.03 Å². The summed E-state index contributed by atoms with van der Waals surface area (Å²) in [4.78, 5) is 25.1. The van der Waals surface area contributed by atoms with Crippen LogP contribution in [0.4, 0.5) is 4.79 Å². The van der Waals surface area contributed by atoms with E-state index in [4.69, 9.17) is 0 Å². The van der Waals surface area contributed by atoms with Crippen LogP contribution in [-0.2, 0) is 10.3 Å². The quantitative estimate of drug-likeness (QED) is 0.707. The van der Waals surface area contributed by atoms with E-state index in [0.29, 0.717) is 0 Å². The molecule has 0 aromatic carbocycles. The second-order valence-corrected chi connectivity index (χ2v) is 4.34. The van der Waals surface area contributed by atoms with Crippen LogP contribution in [0.3, 0.4) is 0 Å². The number of likely N-dealkylation sites (N-methyl/N-ethyl adjacent to an activating group) is 1. The number of amides is 3. The highest BCUT2D eigenvalue weighted by atomic mass is 32.1. The van der Waals surface area contributed by atoms with E-state index >= 15 is 0 Å². The summed E-state index contributed by atoms with van der Waals surface area (Å²) in [6.07, 6.45) is 0. The molecule has 4 nitrogen and oxygen atoms in total. The van der Waals surface area contributed by atoms with Crippen LogP contribution in [0.2, 0.25) is 0 Å². The first-order valence-corrected chi connectivity index (χ1v) is 5.08. The highest BCUT2D eigenvalue weighted by molar-refractivity contribution is 7.10. The van der Waals surface area contributed by atoms with Crippen molar-refractivity contribution in [3.63, 3.8) is 0 Å². The second-order valence-electron chi connectivity index (χ2n) is 3.40. The minimum atomic E-state index is -0.875. The van der Waals surface area contributed by atoms with E-state index in [-0.39, 0.29) is 11.9 Å². The molecule has 1 aliphatic heterocycles. The molecule has 1 N–H and O–H groups in total. The molecule has 3 amide bonds. The number of nitrogens with zero attached hydrogens (tertiary/aromatic N) is 1. The lowest BCUT2D eigenvalue weighted by molar-refractivity contribution is -0.130. The summed E-state index contributed by atoms with van der Waals surface area (Å²) in [5.74, 6) is -0.204. The monoisotopic (exact) mass is 210 g/mol. The molecule has 1 aromatic rings. The molecular formula is C9H10N2O2S. The molecule has 2 rings (SSSR count). The van der Waals surface area contributed by atoms with Crippen LogP contribution in [0, 0.1) is 0 Å². The fourth-order valence-corrected chi connectivity index (χ4v) is 2.34. The van der Waals surface area contributed by atoms with E-state index in [2.05, 4.69) is 5.32 Å². The van der Waals surface area contributed by atoms with Gasteiger partial charge in [0.05, 0.1) is 0 Å². The third kappa shape index (κ3) is 1.05. The molecule has 0 spiro atoms. The molecule has 0 bridgehead atoms. The Kier molecular flexibility index (Phi) is 1.85. The summed E-state index contributed by atoms with van der Waals surface area (Å²) >= 11 is 1.46.